The number of hydrogen-bond donors (Lipinski definition) is 1. The molecule has 0 amide bonds. The van der Waals surface area contributed by atoms with Crippen molar-refractivity contribution in [3.8, 4) is 0 Å². The Bertz CT molecular complexity index is 88.5. The summed E-state index contributed by atoms with van der Waals surface area (Å²) in [6.07, 6.45) is 1.26. The molecule has 0 aromatic rings. The van der Waals surface area contributed by atoms with E-state index in [9.17, 15) is 0 Å². The zero-order valence-corrected chi connectivity index (χ0v) is 7.06. The Morgan fingerprint density at radius 2 is 2.25 bits per heavy atom. The Kier molecular flexibility index (Phi) is 1.83. The molecule has 1 aliphatic rings. The monoisotopic (exact) mass is 148 g/mol. The summed E-state index contributed by atoms with van der Waals surface area (Å²) >= 11 is 6.34. The number of thiol groups is 1. The minimum atomic E-state index is 0.553. The quantitative estimate of drug-likeness (QED) is 0.515. The lowest BCUT2D eigenvalue weighted by atomic mass is 9.94. The van der Waals surface area contributed by atoms with E-state index < -0.39 is 0 Å². The second-order valence-corrected chi connectivity index (χ2v) is 5.30. The summed E-state index contributed by atoms with van der Waals surface area (Å²) in [6.45, 7) is 4.60. The standard InChI is InChI=1S/C6H12S2/c1-6(2)3-5(7)8-4-6/h5,7H,3-4H2,1-2H3. The molecule has 0 bridgehead atoms. The third kappa shape index (κ3) is 1.59. The molecule has 8 heavy (non-hydrogen) atoms. The summed E-state index contributed by atoms with van der Waals surface area (Å²) in [5.74, 6) is 1.28. The zero-order chi connectivity index (χ0) is 6.20. The van der Waals surface area contributed by atoms with E-state index in [1.54, 1.807) is 0 Å². The van der Waals surface area contributed by atoms with Crippen molar-refractivity contribution in [1.82, 2.24) is 0 Å². The Hall–Kier alpha value is 0.700. The van der Waals surface area contributed by atoms with Crippen LogP contribution in [0.1, 0.15) is 20.3 Å². The van der Waals surface area contributed by atoms with Gasteiger partial charge in [-0.1, -0.05) is 13.8 Å². The predicted octanol–water partition coefficient (Wildman–Crippen LogP) is 2.41. The summed E-state index contributed by atoms with van der Waals surface area (Å²) in [5.41, 5.74) is 0.553. The second kappa shape index (κ2) is 2.14. The largest absolute Gasteiger partial charge is 0.165 e. The third-order valence-corrected chi connectivity index (χ3v) is 3.52. The molecule has 1 aliphatic heterocycles. The van der Waals surface area contributed by atoms with Gasteiger partial charge in [-0.15, -0.1) is 11.8 Å². The molecule has 0 spiro atoms. The van der Waals surface area contributed by atoms with Crippen molar-refractivity contribution in [2.24, 2.45) is 5.41 Å². The molecule has 1 fully saturated rings. The number of thioether (sulfide) groups is 1. The van der Waals surface area contributed by atoms with Crippen LogP contribution in [0, 0.1) is 5.41 Å². The highest BCUT2D eigenvalue weighted by Gasteiger charge is 2.28. The van der Waals surface area contributed by atoms with Gasteiger partial charge in [0, 0.05) is 4.58 Å². The van der Waals surface area contributed by atoms with Crippen molar-refractivity contribution in [1.29, 1.82) is 0 Å². The van der Waals surface area contributed by atoms with Gasteiger partial charge in [0.15, 0.2) is 0 Å². The van der Waals surface area contributed by atoms with Crippen LogP contribution in [0.5, 0.6) is 0 Å². The first-order valence-electron chi connectivity index (χ1n) is 2.90. The van der Waals surface area contributed by atoms with Crippen molar-refractivity contribution in [2.45, 2.75) is 24.9 Å². The molecule has 1 atom stereocenters. The van der Waals surface area contributed by atoms with Crippen LogP contribution in [0.3, 0.4) is 0 Å². The van der Waals surface area contributed by atoms with E-state index in [2.05, 4.69) is 26.5 Å². The van der Waals surface area contributed by atoms with E-state index >= 15 is 0 Å². The molecule has 1 heterocycles. The molecule has 0 N–H and O–H groups in total. The lowest BCUT2D eigenvalue weighted by molar-refractivity contribution is 0.423. The fourth-order valence-corrected chi connectivity index (χ4v) is 2.96. The van der Waals surface area contributed by atoms with E-state index in [0.717, 1.165) is 0 Å². The normalized spacial score (nSPS) is 35.6. The van der Waals surface area contributed by atoms with Crippen molar-refractivity contribution in [3.05, 3.63) is 0 Å². The maximum Gasteiger partial charge on any atom is 0.0478 e. The molecule has 0 aromatic heterocycles. The zero-order valence-electron chi connectivity index (χ0n) is 5.35. The highest BCUT2D eigenvalue weighted by molar-refractivity contribution is 8.10. The minimum Gasteiger partial charge on any atom is -0.165 e. The van der Waals surface area contributed by atoms with Gasteiger partial charge in [-0.25, -0.2) is 0 Å². The molecule has 0 saturated carbocycles. The molecule has 1 saturated heterocycles. The summed E-state index contributed by atoms with van der Waals surface area (Å²) in [6, 6.07) is 0. The van der Waals surface area contributed by atoms with Crippen LogP contribution in [-0.4, -0.2) is 10.3 Å². The number of rotatable bonds is 0. The van der Waals surface area contributed by atoms with Gasteiger partial charge in [0.1, 0.15) is 0 Å². The van der Waals surface area contributed by atoms with Crippen molar-refractivity contribution >= 4 is 24.4 Å². The summed E-state index contributed by atoms with van der Waals surface area (Å²) < 4.78 is 0.602. The fraction of sp³-hybridized carbons (Fsp3) is 1.00. The highest BCUT2D eigenvalue weighted by Crippen LogP contribution is 2.41. The molecular formula is C6H12S2. The summed E-state index contributed by atoms with van der Waals surface area (Å²) in [4.78, 5) is 0. The van der Waals surface area contributed by atoms with Gasteiger partial charge in [0.05, 0.1) is 0 Å². The van der Waals surface area contributed by atoms with Crippen molar-refractivity contribution < 1.29 is 0 Å². The first-order valence-corrected chi connectivity index (χ1v) is 4.46. The average Bonchev–Trinajstić information content (AvgIpc) is 1.82. The maximum atomic E-state index is 4.37. The summed E-state index contributed by atoms with van der Waals surface area (Å²) in [7, 11) is 0. The molecule has 0 aliphatic carbocycles. The van der Waals surface area contributed by atoms with Crippen molar-refractivity contribution in [3.63, 3.8) is 0 Å². The van der Waals surface area contributed by atoms with Crippen LogP contribution in [0.25, 0.3) is 0 Å². The molecule has 48 valence electrons. The van der Waals surface area contributed by atoms with Gasteiger partial charge < -0.3 is 0 Å². The highest BCUT2D eigenvalue weighted by atomic mass is 32.2. The van der Waals surface area contributed by atoms with Gasteiger partial charge in [-0.05, 0) is 17.6 Å². The van der Waals surface area contributed by atoms with Gasteiger partial charge in [-0.2, -0.15) is 12.6 Å². The van der Waals surface area contributed by atoms with Crippen molar-refractivity contribution in [2.75, 3.05) is 5.75 Å². The minimum absolute atomic E-state index is 0.553. The Balaban J connectivity index is 2.44. The predicted molar refractivity (Wildman–Crippen MR) is 43.6 cm³/mol. The van der Waals surface area contributed by atoms with Crippen LogP contribution in [0.2, 0.25) is 0 Å². The molecule has 1 rings (SSSR count). The first-order chi connectivity index (χ1) is 3.60. The van der Waals surface area contributed by atoms with Crippen LogP contribution < -0.4 is 0 Å². The SMILES string of the molecule is CC1(C)CSC(S)C1. The van der Waals surface area contributed by atoms with Gasteiger partial charge in [0.2, 0.25) is 0 Å². The van der Waals surface area contributed by atoms with E-state index in [0.29, 0.717) is 10.00 Å². The van der Waals surface area contributed by atoms with E-state index in [1.165, 1.54) is 12.2 Å². The maximum absolute atomic E-state index is 4.37. The lowest BCUT2D eigenvalue weighted by Crippen LogP contribution is -2.08. The first kappa shape index (κ1) is 6.81. The molecule has 2 heteroatoms. The third-order valence-electron chi connectivity index (χ3n) is 1.39. The van der Waals surface area contributed by atoms with Gasteiger partial charge >= 0.3 is 0 Å². The van der Waals surface area contributed by atoms with Crippen LogP contribution >= 0.6 is 24.4 Å². The van der Waals surface area contributed by atoms with E-state index in [4.69, 9.17) is 0 Å². The smallest absolute Gasteiger partial charge is 0.0478 e. The topological polar surface area (TPSA) is 0 Å². The van der Waals surface area contributed by atoms with Gasteiger partial charge in [-0.3, -0.25) is 0 Å². The Morgan fingerprint density at radius 3 is 2.38 bits per heavy atom. The van der Waals surface area contributed by atoms with Crippen LogP contribution in [0.15, 0.2) is 0 Å². The van der Waals surface area contributed by atoms with Crippen LogP contribution in [-0.2, 0) is 0 Å². The fourth-order valence-electron chi connectivity index (χ4n) is 0.912. The Labute approximate surface area is 60.8 Å². The Morgan fingerprint density at radius 1 is 1.62 bits per heavy atom. The summed E-state index contributed by atoms with van der Waals surface area (Å²) in [5, 5.41) is 0. The van der Waals surface area contributed by atoms with E-state index in [1.807, 2.05) is 11.8 Å². The molecule has 1 unspecified atom stereocenters. The lowest BCUT2D eigenvalue weighted by Gasteiger charge is -2.13. The van der Waals surface area contributed by atoms with Gasteiger partial charge in [0.25, 0.3) is 0 Å². The number of hydrogen-bond acceptors (Lipinski definition) is 2. The van der Waals surface area contributed by atoms with E-state index in [-0.39, 0.29) is 0 Å². The molecule has 0 nitrogen and oxygen atoms in total. The van der Waals surface area contributed by atoms with Crippen LogP contribution in [0.4, 0.5) is 0 Å². The average molecular weight is 148 g/mol. The second-order valence-electron chi connectivity index (χ2n) is 3.13. The molecule has 0 aromatic carbocycles. The molecular weight excluding hydrogens is 136 g/mol. The molecule has 0 radical (unpaired) electrons.